The first kappa shape index (κ1) is 17.3. The molecular formula is C11H18N4O5S. The van der Waals surface area contributed by atoms with Crippen LogP contribution in [0.1, 0.15) is 13.8 Å². The minimum Gasteiger partial charge on any atom is -0.395 e. The summed E-state index contributed by atoms with van der Waals surface area (Å²) in [5, 5.41) is 19.8. The summed E-state index contributed by atoms with van der Waals surface area (Å²) in [6.07, 6.45) is 0. The van der Waals surface area contributed by atoms with Gasteiger partial charge in [-0.2, -0.15) is 4.31 Å². The highest BCUT2D eigenvalue weighted by atomic mass is 32.2. The topological polar surface area (TPSA) is 139 Å². The van der Waals surface area contributed by atoms with Crippen molar-refractivity contribution in [3.8, 4) is 0 Å². The maximum Gasteiger partial charge on any atom is 0.293 e. The summed E-state index contributed by atoms with van der Waals surface area (Å²) in [5.74, 6) is 5.19. The van der Waals surface area contributed by atoms with Gasteiger partial charge in [0.25, 0.3) is 5.69 Å². The fraction of sp³-hybridized carbons (Fsp3) is 0.455. The van der Waals surface area contributed by atoms with Crippen LogP contribution in [0.5, 0.6) is 0 Å². The second-order valence-corrected chi connectivity index (χ2v) is 6.40. The van der Waals surface area contributed by atoms with E-state index >= 15 is 0 Å². The Bertz CT molecular complexity index is 617. The van der Waals surface area contributed by atoms with Gasteiger partial charge in [-0.15, -0.1) is 0 Å². The number of nitrogens with one attached hydrogen (secondary N) is 1. The average molecular weight is 318 g/mol. The van der Waals surface area contributed by atoms with Gasteiger partial charge in [-0.05, 0) is 26.0 Å². The van der Waals surface area contributed by atoms with Crippen molar-refractivity contribution < 1.29 is 18.4 Å². The van der Waals surface area contributed by atoms with Gasteiger partial charge in [-0.25, -0.2) is 8.42 Å². The number of hydrazine groups is 1. The molecule has 0 aromatic heterocycles. The summed E-state index contributed by atoms with van der Waals surface area (Å²) in [5.41, 5.74) is 1.69. The maximum atomic E-state index is 12.5. The van der Waals surface area contributed by atoms with Crippen molar-refractivity contribution in [1.82, 2.24) is 4.31 Å². The van der Waals surface area contributed by atoms with E-state index < -0.39 is 14.9 Å². The second-order valence-electron chi connectivity index (χ2n) is 4.51. The van der Waals surface area contributed by atoms with Gasteiger partial charge in [0.15, 0.2) is 0 Å². The molecule has 1 rings (SSSR count). The fourth-order valence-electron chi connectivity index (χ4n) is 1.84. The average Bonchev–Trinajstić information content (AvgIpc) is 2.43. The van der Waals surface area contributed by atoms with E-state index in [4.69, 9.17) is 10.9 Å². The Morgan fingerprint density at radius 2 is 2.10 bits per heavy atom. The van der Waals surface area contributed by atoms with E-state index in [1.54, 1.807) is 13.8 Å². The van der Waals surface area contributed by atoms with Crippen LogP contribution in [0.3, 0.4) is 0 Å². The van der Waals surface area contributed by atoms with E-state index in [0.717, 1.165) is 22.5 Å². The largest absolute Gasteiger partial charge is 0.395 e. The SMILES string of the molecule is CC(C)N(CCO)S(=O)(=O)c1ccc([N+](=O)[O-])c(NN)c1. The molecule has 1 aromatic carbocycles. The summed E-state index contributed by atoms with van der Waals surface area (Å²) in [6, 6.07) is 2.94. The number of aliphatic hydroxyl groups is 1. The molecule has 10 heteroatoms. The molecule has 9 nitrogen and oxygen atoms in total. The van der Waals surface area contributed by atoms with Gasteiger partial charge in [-0.1, -0.05) is 0 Å². The van der Waals surface area contributed by atoms with Crippen LogP contribution < -0.4 is 11.3 Å². The highest BCUT2D eigenvalue weighted by Gasteiger charge is 2.28. The van der Waals surface area contributed by atoms with Gasteiger partial charge >= 0.3 is 0 Å². The number of nitro benzene ring substituents is 1. The second kappa shape index (κ2) is 6.80. The minimum absolute atomic E-state index is 0.0671. The van der Waals surface area contributed by atoms with Crippen molar-refractivity contribution in [3.05, 3.63) is 28.3 Å². The zero-order chi connectivity index (χ0) is 16.2. The van der Waals surface area contributed by atoms with Crippen molar-refractivity contribution in [1.29, 1.82) is 0 Å². The lowest BCUT2D eigenvalue weighted by atomic mass is 10.3. The van der Waals surface area contributed by atoms with Crippen LogP contribution in [0.15, 0.2) is 23.1 Å². The molecule has 0 aliphatic heterocycles. The third kappa shape index (κ3) is 3.67. The maximum absolute atomic E-state index is 12.5. The van der Waals surface area contributed by atoms with Crippen LogP contribution in [0, 0.1) is 10.1 Å². The molecule has 0 saturated carbocycles. The Morgan fingerprint density at radius 1 is 1.48 bits per heavy atom. The van der Waals surface area contributed by atoms with Crippen molar-refractivity contribution in [3.63, 3.8) is 0 Å². The van der Waals surface area contributed by atoms with E-state index in [-0.39, 0.29) is 35.5 Å². The number of hydrogen-bond donors (Lipinski definition) is 3. The van der Waals surface area contributed by atoms with E-state index in [2.05, 4.69) is 5.43 Å². The van der Waals surface area contributed by atoms with E-state index in [9.17, 15) is 18.5 Å². The van der Waals surface area contributed by atoms with Crippen LogP contribution in [-0.4, -0.2) is 41.9 Å². The zero-order valence-corrected chi connectivity index (χ0v) is 12.5. The van der Waals surface area contributed by atoms with Crippen LogP contribution in [0.25, 0.3) is 0 Å². The van der Waals surface area contributed by atoms with E-state index in [0.29, 0.717) is 0 Å². The molecule has 0 aliphatic rings. The monoisotopic (exact) mass is 318 g/mol. The van der Waals surface area contributed by atoms with Gasteiger partial charge < -0.3 is 10.5 Å². The predicted octanol–water partition coefficient (Wildman–Crippen LogP) is 0.272. The van der Waals surface area contributed by atoms with Crippen LogP contribution >= 0.6 is 0 Å². The molecule has 0 bridgehead atoms. The molecule has 0 fully saturated rings. The zero-order valence-electron chi connectivity index (χ0n) is 11.7. The number of nitro groups is 1. The minimum atomic E-state index is -3.88. The van der Waals surface area contributed by atoms with Crippen molar-refractivity contribution >= 4 is 21.4 Å². The highest BCUT2D eigenvalue weighted by molar-refractivity contribution is 7.89. The standard InChI is InChI=1S/C11H18N4O5S/c1-8(2)14(5-6-16)21(19,20)9-3-4-11(15(17)18)10(7-9)13-12/h3-4,7-8,13,16H,5-6,12H2,1-2H3. The summed E-state index contributed by atoms with van der Waals surface area (Å²) >= 11 is 0. The summed E-state index contributed by atoms with van der Waals surface area (Å²) in [7, 11) is -3.88. The Labute approximate surface area is 122 Å². The molecule has 0 unspecified atom stereocenters. The molecule has 0 aliphatic carbocycles. The van der Waals surface area contributed by atoms with Gasteiger partial charge in [-0.3, -0.25) is 16.0 Å². The van der Waals surface area contributed by atoms with E-state index in [1.165, 1.54) is 0 Å². The number of sulfonamides is 1. The lowest BCUT2D eigenvalue weighted by Gasteiger charge is -2.25. The van der Waals surface area contributed by atoms with Crippen LogP contribution in [0.4, 0.5) is 11.4 Å². The summed E-state index contributed by atoms with van der Waals surface area (Å²) in [6.45, 7) is 2.94. The Hall–Kier alpha value is -1.75. The van der Waals surface area contributed by atoms with Crippen molar-refractivity contribution in [2.45, 2.75) is 24.8 Å². The van der Waals surface area contributed by atoms with Gasteiger partial charge in [0.1, 0.15) is 5.69 Å². The number of nitrogen functional groups attached to an aromatic ring is 1. The molecule has 0 radical (unpaired) electrons. The number of anilines is 1. The molecule has 0 atom stereocenters. The van der Waals surface area contributed by atoms with Gasteiger partial charge in [0, 0.05) is 18.7 Å². The lowest BCUT2D eigenvalue weighted by molar-refractivity contribution is -0.384. The van der Waals surface area contributed by atoms with E-state index in [1.807, 2.05) is 0 Å². The van der Waals surface area contributed by atoms with Crippen LogP contribution in [0.2, 0.25) is 0 Å². The molecule has 0 saturated heterocycles. The number of benzene rings is 1. The molecular weight excluding hydrogens is 300 g/mol. The fourth-order valence-corrected chi connectivity index (χ4v) is 3.49. The number of hydrogen-bond acceptors (Lipinski definition) is 7. The molecule has 0 amide bonds. The molecule has 0 heterocycles. The normalized spacial score (nSPS) is 11.9. The quantitative estimate of drug-likeness (QED) is 0.372. The number of nitrogens with two attached hydrogens (primary N) is 1. The first-order valence-electron chi connectivity index (χ1n) is 6.13. The Kier molecular flexibility index (Phi) is 5.61. The Morgan fingerprint density at radius 3 is 2.52 bits per heavy atom. The van der Waals surface area contributed by atoms with Crippen LogP contribution in [-0.2, 0) is 10.0 Å². The van der Waals surface area contributed by atoms with Crippen molar-refractivity contribution in [2.24, 2.45) is 5.84 Å². The first-order chi connectivity index (χ1) is 9.75. The smallest absolute Gasteiger partial charge is 0.293 e. The van der Waals surface area contributed by atoms with Crippen molar-refractivity contribution in [2.75, 3.05) is 18.6 Å². The third-order valence-corrected chi connectivity index (χ3v) is 4.89. The highest BCUT2D eigenvalue weighted by Crippen LogP contribution is 2.28. The summed E-state index contributed by atoms with van der Waals surface area (Å²) in [4.78, 5) is 10.0. The molecule has 1 aromatic rings. The number of nitrogens with zero attached hydrogens (tertiary/aromatic N) is 2. The third-order valence-electron chi connectivity index (χ3n) is 2.82. The first-order valence-corrected chi connectivity index (χ1v) is 7.57. The Balaban J connectivity index is 3.34. The van der Waals surface area contributed by atoms with Gasteiger partial charge in [0.2, 0.25) is 10.0 Å². The molecule has 21 heavy (non-hydrogen) atoms. The molecule has 0 spiro atoms. The summed E-state index contributed by atoms with van der Waals surface area (Å²) < 4.78 is 26.1. The molecule has 4 N–H and O–H groups in total. The number of aliphatic hydroxyl groups excluding tert-OH is 1. The lowest BCUT2D eigenvalue weighted by Crippen LogP contribution is -2.39. The molecule has 118 valence electrons. The van der Waals surface area contributed by atoms with Gasteiger partial charge in [0.05, 0.1) is 16.4 Å². The predicted molar refractivity (Wildman–Crippen MR) is 77.0 cm³/mol. The number of rotatable bonds is 7.